The first-order chi connectivity index (χ1) is 16.3. The number of amides is 4. The number of nitrogens with one attached hydrogen (secondary N) is 3. The molecule has 200 valence electrons. The minimum absolute atomic E-state index is 0.00929. The van der Waals surface area contributed by atoms with Crippen LogP contribution in [0.1, 0.15) is 58.8 Å². The molecule has 0 heterocycles. The summed E-state index contributed by atoms with van der Waals surface area (Å²) in [5.74, 6) is -5.84. The summed E-state index contributed by atoms with van der Waals surface area (Å²) in [5.41, 5.74) is 16.3. The van der Waals surface area contributed by atoms with Gasteiger partial charge in [-0.3, -0.25) is 24.0 Å². The third kappa shape index (κ3) is 13.3. The monoisotopic (exact) mass is 502 g/mol. The van der Waals surface area contributed by atoms with E-state index in [0.29, 0.717) is 19.4 Å². The maximum Gasteiger partial charge on any atom is 0.326 e. The van der Waals surface area contributed by atoms with Crippen molar-refractivity contribution in [2.24, 2.45) is 23.1 Å². The fourth-order valence-electron chi connectivity index (χ4n) is 3.04. The van der Waals surface area contributed by atoms with Gasteiger partial charge in [-0.05, 0) is 44.6 Å². The van der Waals surface area contributed by atoms with Crippen LogP contribution in [0.2, 0.25) is 0 Å². The highest BCUT2D eigenvalue weighted by atomic mass is 16.4. The van der Waals surface area contributed by atoms with E-state index in [1.807, 2.05) is 0 Å². The Morgan fingerprint density at radius 1 is 0.771 bits per heavy atom. The van der Waals surface area contributed by atoms with Crippen LogP contribution in [0, 0.1) is 5.92 Å². The van der Waals surface area contributed by atoms with E-state index in [-0.39, 0.29) is 25.7 Å². The van der Waals surface area contributed by atoms with Gasteiger partial charge in [0.1, 0.15) is 18.1 Å². The van der Waals surface area contributed by atoms with E-state index in [2.05, 4.69) is 16.0 Å². The van der Waals surface area contributed by atoms with Crippen LogP contribution in [0.25, 0.3) is 0 Å². The molecular weight excluding hydrogens is 464 g/mol. The molecule has 4 unspecified atom stereocenters. The lowest BCUT2D eigenvalue weighted by Gasteiger charge is -2.27. The van der Waals surface area contributed by atoms with Gasteiger partial charge in [-0.25, -0.2) is 4.79 Å². The number of carboxylic acid groups (broad SMARTS) is 2. The van der Waals surface area contributed by atoms with Crippen LogP contribution in [0.4, 0.5) is 0 Å². The van der Waals surface area contributed by atoms with E-state index in [0.717, 1.165) is 0 Å². The Bertz CT molecular complexity index is 760. The molecule has 0 spiro atoms. The van der Waals surface area contributed by atoms with Gasteiger partial charge in [0, 0.05) is 12.8 Å². The Kier molecular flexibility index (Phi) is 14.9. The number of aliphatic carboxylic acids is 2. The average molecular weight is 503 g/mol. The molecule has 0 saturated carbocycles. The number of rotatable bonds is 18. The standard InChI is InChI=1S/C21H38N6O8/c1-11(2)17(27-18(31)12(23)6-8-15(24)28)20(33)25-13(5-3-4-10-22)19(32)26-14(21(34)35)7-9-16(29)30/h11-14,17H,3-10,22-23H2,1-2H3,(H2,24,28)(H,25,33)(H,26,32)(H,27,31)(H,29,30)(H,34,35). The van der Waals surface area contributed by atoms with Gasteiger partial charge < -0.3 is 43.4 Å². The third-order valence-electron chi connectivity index (χ3n) is 5.13. The minimum Gasteiger partial charge on any atom is -0.481 e. The fourth-order valence-corrected chi connectivity index (χ4v) is 3.04. The molecule has 0 saturated heterocycles. The summed E-state index contributed by atoms with van der Waals surface area (Å²) in [4.78, 5) is 71.2. The molecule has 14 heteroatoms. The number of hydrogen-bond donors (Lipinski definition) is 8. The average Bonchev–Trinajstić information content (AvgIpc) is 2.76. The molecule has 0 radical (unpaired) electrons. The van der Waals surface area contributed by atoms with Gasteiger partial charge in [0.15, 0.2) is 0 Å². The Balaban J connectivity index is 5.43. The molecule has 0 fully saturated rings. The maximum absolute atomic E-state index is 13.0. The number of unbranched alkanes of at least 4 members (excludes halogenated alkanes) is 1. The Hall–Kier alpha value is -3.26. The highest BCUT2D eigenvalue weighted by molar-refractivity contribution is 5.94. The topological polar surface area (TPSA) is 257 Å². The fraction of sp³-hybridized carbons (Fsp3) is 0.714. The van der Waals surface area contributed by atoms with Crippen molar-refractivity contribution in [1.82, 2.24) is 16.0 Å². The molecule has 4 amide bonds. The van der Waals surface area contributed by atoms with E-state index < -0.39 is 72.1 Å². The van der Waals surface area contributed by atoms with Crippen LogP contribution in [-0.2, 0) is 28.8 Å². The van der Waals surface area contributed by atoms with E-state index in [1.165, 1.54) is 0 Å². The largest absolute Gasteiger partial charge is 0.481 e. The highest BCUT2D eigenvalue weighted by Gasteiger charge is 2.31. The first-order valence-corrected chi connectivity index (χ1v) is 11.4. The summed E-state index contributed by atoms with van der Waals surface area (Å²) in [6.45, 7) is 3.66. The van der Waals surface area contributed by atoms with Crippen LogP contribution >= 0.6 is 0 Å². The van der Waals surface area contributed by atoms with Crippen molar-refractivity contribution in [1.29, 1.82) is 0 Å². The van der Waals surface area contributed by atoms with E-state index in [9.17, 15) is 33.9 Å². The van der Waals surface area contributed by atoms with Crippen molar-refractivity contribution < 1.29 is 39.0 Å². The SMILES string of the molecule is CC(C)C(NC(=O)C(N)CCC(N)=O)C(=O)NC(CCCCN)C(=O)NC(CCC(=O)O)C(=O)O. The first kappa shape index (κ1) is 31.7. The van der Waals surface area contributed by atoms with Crippen molar-refractivity contribution in [2.75, 3.05) is 6.54 Å². The zero-order chi connectivity index (χ0) is 27.1. The lowest BCUT2D eigenvalue weighted by molar-refractivity contribution is -0.143. The van der Waals surface area contributed by atoms with Gasteiger partial charge >= 0.3 is 11.9 Å². The molecule has 0 aliphatic heterocycles. The molecule has 35 heavy (non-hydrogen) atoms. The smallest absolute Gasteiger partial charge is 0.326 e. The van der Waals surface area contributed by atoms with Gasteiger partial charge in [0.2, 0.25) is 23.6 Å². The van der Waals surface area contributed by atoms with Crippen LogP contribution in [0.3, 0.4) is 0 Å². The molecule has 0 aromatic heterocycles. The number of nitrogens with two attached hydrogens (primary N) is 3. The second-order valence-electron chi connectivity index (χ2n) is 8.52. The lowest BCUT2D eigenvalue weighted by atomic mass is 10.0. The van der Waals surface area contributed by atoms with E-state index >= 15 is 0 Å². The quantitative estimate of drug-likeness (QED) is 0.0935. The zero-order valence-corrected chi connectivity index (χ0v) is 20.1. The minimum atomic E-state index is -1.46. The van der Waals surface area contributed by atoms with Crippen LogP contribution in [0.5, 0.6) is 0 Å². The molecular formula is C21H38N6O8. The van der Waals surface area contributed by atoms with Gasteiger partial charge in [0.25, 0.3) is 0 Å². The maximum atomic E-state index is 13.0. The Morgan fingerprint density at radius 3 is 1.86 bits per heavy atom. The summed E-state index contributed by atoms with van der Waals surface area (Å²) < 4.78 is 0. The number of carbonyl (C=O) groups excluding carboxylic acids is 4. The lowest BCUT2D eigenvalue weighted by Crippen LogP contribution is -2.58. The first-order valence-electron chi connectivity index (χ1n) is 11.4. The molecule has 11 N–H and O–H groups in total. The third-order valence-corrected chi connectivity index (χ3v) is 5.13. The van der Waals surface area contributed by atoms with Gasteiger partial charge in [0.05, 0.1) is 6.04 Å². The van der Waals surface area contributed by atoms with Crippen molar-refractivity contribution >= 4 is 35.6 Å². The summed E-state index contributed by atoms with van der Waals surface area (Å²) >= 11 is 0. The molecule has 0 aromatic carbocycles. The number of carbonyl (C=O) groups is 6. The van der Waals surface area contributed by atoms with E-state index in [1.54, 1.807) is 13.8 Å². The van der Waals surface area contributed by atoms with Gasteiger partial charge in [-0.15, -0.1) is 0 Å². The van der Waals surface area contributed by atoms with Crippen LogP contribution < -0.4 is 33.2 Å². The molecule has 14 nitrogen and oxygen atoms in total. The zero-order valence-electron chi connectivity index (χ0n) is 20.1. The number of hydrogen-bond acceptors (Lipinski definition) is 8. The van der Waals surface area contributed by atoms with Crippen LogP contribution in [-0.4, -0.2) is 76.5 Å². The summed E-state index contributed by atoms with van der Waals surface area (Å²) in [6.07, 6.45) is 0.190. The van der Waals surface area contributed by atoms with E-state index in [4.69, 9.17) is 22.3 Å². The summed E-state index contributed by atoms with van der Waals surface area (Å²) in [7, 11) is 0. The Morgan fingerprint density at radius 2 is 1.37 bits per heavy atom. The normalized spacial score (nSPS) is 14.3. The van der Waals surface area contributed by atoms with Crippen molar-refractivity contribution in [3.05, 3.63) is 0 Å². The summed E-state index contributed by atoms with van der Waals surface area (Å²) in [6, 6.07) is -4.77. The molecule has 0 bridgehead atoms. The summed E-state index contributed by atoms with van der Waals surface area (Å²) in [5, 5.41) is 25.4. The molecule has 0 rings (SSSR count). The molecule has 0 aliphatic rings. The molecule has 4 atom stereocenters. The van der Waals surface area contributed by atoms with Crippen LogP contribution in [0.15, 0.2) is 0 Å². The molecule has 0 aromatic rings. The predicted molar refractivity (Wildman–Crippen MR) is 124 cm³/mol. The second-order valence-corrected chi connectivity index (χ2v) is 8.52. The van der Waals surface area contributed by atoms with Crippen molar-refractivity contribution in [3.63, 3.8) is 0 Å². The Labute approximate surface area is 203 Å². The second kappa shape index (κ2) is 16.4. The molecule has 0 aliphatic carbocycles. The van der Waals surface area contributed by atoms with Gasteiger partial charge in [-0.1, -0.05) is 13.8 Å². The van der Waals surface area contributed by atoms with Crippen molar-refractivity contribution in [2.45, 2.75) is 83.0 Å². The van der Waals surface area contributed by atoms with Crippen molar-refractivity contribution in [3.8, 4) is 0 Å². The predicted octanol–water partition coefficient (Wildman–Crippen LogP) is -2.23. The number of carboxylic acids is 2. The number of primary amides is 1. The highest BCUT2D eigenvalue weighted by Crippen LogP contribution is 2.08. The van der Waals surface area contributed by atoms with Gasteiger partial charge in [-0.2, -0.15) is 0 Å².